The summed E-state index contributed by atoms with van der Waals surface area (Å²) in [5, 5.41) is 14.2. The first-order chi connectivity index (χ1) is 9.61. The average Bonchev–Trinajstić information content (AvgIpc) is 2.84. The largest absolute Gasteiger partial charge is 0.495 e. The molecule has 8 heteroatoms. The SMILES string of the molecule is COc1ccccc1NC(=O)[C@@H](C)Sc1nnnn1C. The van der Waals surface area contributed by atoms with Gasteiger partial charge in [0.05, 0.1) is 18.0 Å². The van der Waals surface area contributed by atoms with Gasteiger partial charge in [0, 0.05) is 7.05 Å². The van der Waals surface area contributed by atoms with Crippen molar-refractivity contribution < 1.29 is 9.53 Å². The van der Waals surface area contributed by atoms with Gasteiger partial charge in [-0.25, -0.2) is 4.68 Å². The number of nitrogens with zero attached hydrogens (tertiary/aromatic N) is 4. The molecule has 0 aliphatic carbocycles. The van der Waals surface area contributed by atoms with E-state index in [1.165, 1.54) is 16.4 Å². The predicted molar refractivity (Wildman–Crippen MR) is 75.7 cm³/mol. The molecule has 1 atom stereocenters. The second kappa shape index (κ2) is 6.38. The van der Waals surface area contributed by atoms with Gasteiger partial charge in [-0.15, -0.1) is 5.10 Å². The Balaban J connectivity index is 2.02. The number of aromatic nitrogens is 4. The highest BCUT2D eigenvalue weighted by molar-refractivity contribution is 8.00. The van der Waals surface area contributed by atoms with Crippen molar-refractivity contribution in [2.24, 2.45) is 7.05 Å². The number of thioether (sulfide) groups is 1. The molecule has 7 nitrogen and oxygen atoms in total. The van der Waals surface area contributed by atoms with Crippen LogP contribution >= 0.6 is 11.8 Å². The molecule has 1 aromatic heterocycles. The van der Waals surface area contributed by atoms with Gasteiger partial charge in [-0.3, -0.25) is 4.79 Å². The Bertz CT molecular complexity index is 601. The fourth-order valence-electron chi connectivity index (χ4n) is 1.51. The Hall–Kier alpha value is -2.09. The van der Waals surface area contributed by atoms with Crippen LogP contribution in [0.5, 0.6) is 5.75 Å². The number of nitrogens with one attached hydrogen (secondary N) is 1. The van der Waals surface area contributed by atoms with E-state index in [2.05, 4.69) is 20.8 Å². The molecule has 0 radical (unpaired) electrons. The van der Waals surface area contributed by atoms with Crippen LogP contribution in [0.2, 0.25) is 0 Å². The molecule has 0 saturated heterocycles. The lowest BCUT2D eigenvalue weighted by atomic mass is 10.3. The summed E-state index contributed by atoms with van der Waals surface area (Å²) in [5.41, 5.74) is 0.642. The van der Waals surface area contributed by atoms with Crippen molar-refractivity contribution in [2.45, 2.75) is 17.3 Å². The molecular weight excluding hydrogens is 278 g/mol. The van der Waals surface area contributed by atoms with Crippen molar-refractivity contribution >= 4 is 23.4 Å². The second-order valence-electron chi connectivity index (χ2n) is 4.03. The van der Waals surface area contributed by atoms with Gasteiger partial charge in [0.1, 0.15) is 5.75 Å². The molecule has 0 bridgehead atoms. The van der Waals surface area contributed by atoms with Crippen LogP contribution in [0.15, 0.2) is 29.4 Å². The first-order valence-corrected chi connectivity index (χ1v) is 6.82. The molecule has 0 aliphatic rings. The molecular formula is C12H15N5O2S. The number of methoxy groups -OCH3 is 1. The van der Waals surface area contributed by atoms with E-state index >= 15 is 0 Å². The quantitative estimate of drug-likeness (QED) is 0.838. The zero-order valence-corrected chi connectivity index (χ0v) is 12.2. The Morgan fingerprint density at radius 1 is 1.45 bits per heavy atom. The lowest BCUT2D eigenvalue weighted by molar-refractivity contribution is -0.115. The molecule has 0 fully saturated rings. The maximum Gasteiger partial charge on any atom is 0.237 e. The number of anilines is 1. The summed E-state index contributed by atoms with van der Waals surface area (Å²) in [7, 11) is 3.29. The van der Waals surface area contributed by atoms with Crippen LogP contribution < -0.4 is 10.1 Å². The highest BCUT2D eigenvalue weighted by atomic mass is 32.2. The van der Waals surface area contributed by atoms with E-state index in [1.807, 2.05) is 12.1 Å². The van der Waals surface area contributed by atoms with Crippen LogP contribution in [0.25, 0.3) is 0 Å². The van der Waals surface area contributed by atoms with Gasteiger partial charge in [-0.1, -0.05) is 23.9 Å². The maximum absolute atomic E-state index is 12.2. The third-order valence-electron chi connectivity index (χ3n) is 2.60. The van der Waals surface area contributed by atoms with E-state index in [1.54, 1.807) is 33.2 Å². The number of aryl methyl sites for hydroxylation is 1. The highest BCUT2D eigenvalue weighted by Crippen LogP contribution is 2.25. The number of amides is 1. The molecule has 2 aromatic rings. The summed E-state index contributed by atoms with van der Waals surface area (Å²) >= 11 is 1.29. The summed E-state index contributed by atoms with van der Waals surface area (Å²) < 4.78 is 6.72. The van der Waals surface area contributed by atoms with Crippen LogP contribution in [0, 0.1) is 0 Å². The summed E-state index contributed by atoms with van der Waals surface area (Å²) in [6.45, 7) is 1.80. The average molecular weight is 293 g/mol. The van der Waals surface area contributed by atoms with Crippen molar-refractivity contribution in [1.82, 2.24) is 20.2 Å². The zero-order chi connectivity index (χ0) is 14.5. The molecule has 20 heavy (non-hydrogen) atoms. The minimum absolute atomic E-state index is 0.137. The molecule has 0 unspecified atom stereocenters. The molecule has 2 rings (SSSR count). The monoisotopic (exact) mass is 293 g/mol. The second-order valence-corrected chi connectivity index (χ2v) is 5.34. The lowest BCUT2D eigenvalue weighted by Crippen LogP contribution is -2.23. The van der Waals surface area contributed by atoms with Gasteiger partial charge in [0.25, 0.3) is 0 Å². The van der Waals surface area contributed by atoms with E-state index < -0.39 is 0 Å². The van der Waals surface area contributed by atoms with Crippen LogP contribution in [0.4, 0.5) is 5.69 Å². The Labute approximate surface area is 120 Å². The maximum atomic E-state index is 12.2. The minimum atomic E-state index is -0.329. The topological polar surface area (TPSA) is 81.9 Å². The van der Waals surface area contributed by atoms with Gasteiger partial charge >= 0.3 is 0 Å². The Morgan fingerprint density at radius 3 is 2.85 bits per heavy atom. The van der Waals surface area contributed by atoms with E-state index in [9.17, 15) is 4.79 Å². The van der Waals surface area contributed by atoms with Crippen molar-refractivity contribution in [3.05, 3.63) is 24.3 Å². The fraction of sp³-hybridized carbons (Fsp3) is 0.333. The van der Waals surface area contributed by atoms with Crippen LogP contribution in [-0.2, 0) is 11.8 Å². The molecule has 1 N–H and O–H groups in total. The molecule has 106 valence electrons. The lowest BCUT2D eigenvalue weighted by Gasteiger charge is -2.13. The third-order valence-corrected chi connectivity index (χ3v) is 3.72. The Morgan fingerprint density at radius 2 is 2.20 bits per heavy atom. The number of hydrogen-bond donors (Lipinski definition) is 1. The van der Waals surface area contributed by atoms with E-state index in [4.69, 9.17) is 4.74 Å². The van der Waals surface area contributed by atoms with E-state index in [0.29, 0.717) is 16.6 Å². The number of ether oxygens (including phenoxy) is 1. The number of hydrogen-bond acceptors (Lipinski definition) is 6. The highest BCUT2D eigenvalue weighted by Gasteiger charge is 2.18. The van der Waals surface area contributed by atoms with Gasteiger partial charge < -0.3 is 10.1 Å². The van der Waals surface area contributed by atoms with Gasteiger partial charge in [-0.05, 0) is 29.5 Å². The summed E-state index contributed by atoms with van der Waals surface area (Å²) in [5.74, 6) is 0.487. The molecule has 0 spiro atoms. The van der Waals surface area contributed by atoms with Crippen molar-refractivity contribution in [2.75, 3.05) is 12.4 Å². The predicted octanol–water partition coefficient (Wildman–Crippen LogP) is 1.34. The van der Waals surface area contributed by atoms with Gasteiger partial charge in [0.2, 0.25) is 11.1 Å². The van der Waals surface area contributed by atoms with Crippen LogP contribution in [0.1, 0.15) is 6.92 Å². The fourth-order valence-corrected chi connectivity index (χ4v) is 2.27. The van der Waals surface area contributed by atoms with Crippen molar-refractivity contribution in [3.8, 4) is 5.75 Å². The van der Waals surface area contributed by atoms with E-state index in [0.717, 1.165) is 0 Å². The number of rotatable bonds is 5. The molecule has 0 aliphatic heterocycles. The van der Waals surface area contributed by atoms with Crippen LogP contribution in [-0.4, -0.2) is 38.5 Å². The van der Waals surface area contributed by atoms with Crippen LogP contribution in [0.3, 0.4) is 0 Å². The molecule has 1 heterocycles. The molecule has 0 saturated carbocycles. The van der Waals surface area contributed by atoms with Crippen molar-refractivity contribution in [1.29, 1.82) is 0 Å². The smallest absolute Gasteiger partial charge is 0.237 e. The number of para-hydroxylation sites is 2. The number of tetrazole rings is 1. The molecule has 1 amide bonds. The summed E-state index contributed by atoms with van der Waals surface area (Å²) in [6, 6.07) is 7.26. The number of benzene rings is 1. The standard InChI is InChI=1S/C12H15N5O2S/c1-8(20-12-14-15-16-17(12)2)11(18)13-9-6-4-5-7-10(9)19-3/h4-8H,1-3H3,(H,13,18)/t8-/m1/s1. The summed E-state index contributed by atoms with van der Waals surface area (Å²) in [6.07, 6.45) is 0. The van der Waals surface area contributed by atoms with Gasteiger partial charge in [-0.2, -0.15) is 0 Å². The third kappa shape index (κ3) is 3.27. The normalized spacial score (nSPS) is 11.9. The number of carbonyl (C=O) groups is 1. The van der Waals surface area contributed by atoms with Crippen molar-refractivity contribution in [3.63, 3.8) is 0 Å². The first kappa shape index (κ1) is 14.3. The van der Waals surface area contributed by atoms with E-state index in [-0.39, 0.29) is 11.2 Å². The minimum Gasteiger partial charge on any atom is -0.495 e. The summed E-state index contributed by atoms with van der Waals surface area (Å²) in [4.78, 5) is 12.2. The molecule has 1 aromatic carbocycles. The number of carbonyl (C=O) groups excluding carboxylic acids is 1. The first-order valence-electron chi connectivity index (χ1n) is 5.94. The Kier molecular flexibility index (Phi) is 4.57. The zero-order valence-electron chi connectivity index (χ0n) is 11.4. The van der Waals surface area contributed by atoms with Gasteiger partial charge in [0.15, 0.2) is 0 Å².